The molecule has 24 heavy (non-hydrogen) atoms. The van der Waals surface area contributed by atoms with Crippen LogP contribution in [0.15, 0.2) is 35.4 Å². The lowest BCUT2D eigenvalue weighted by molar-refractivity contribution is -0.144. The topological polar surface area (TPSA) is 83.2 Å². The van der Waals surface area contributed by atoms with Crippen LogP contribution in [0.1, 0.15) is 26.2 Å². The Hall–Kier alpha value is -2.26. The van der Waals surface area contributed by atoms with Crippen molar-refractivity contribution < 1.29 is 14.6 Å². The number of thioether (sulfide) groups is 1. The molecule has 1 aromatic carbocycles. The van der Waals surface area contributed by atoms with Crippen molar-refractivity contribution in [1.29, 1.82) is 5.26 Å². The van der Waals surface area contributed by atoms with Crippen molar-refractivity contribution >= 4 is 28.6 Å². The number of aliphatic carboxylic acids is 1. The number of ether oxygens (including phenoxy) is 1. The second kappa shape index (κ2) is 6.70. The zero-order valence-electron chi connectivity index (χ0n) is 13.4. The first kappa shape index (κ1) is 16.6. The van der Waals surface area contributed by atoms with Gasteiger partial charge in [-0.25, -0.2) is 0 Å². The lowest BCUT2D eigenvalue weighted by atomic mass is 9.71. The molecular weight excluding hydrogens is 324 g/mol. The Morgan fingerprint density at radius 2 is 2.38 bits per heavy atom. The molecule has 124 valence electrons. The maximum atomic E-state index is 11.9. The Balaban J connectivity index is 1.99. The van der Waals surface area contributed by atoms with E-state index in [1.165, 1.54) is 11.8 Å². The molecule has 1 aliphatic rings. The second-order valence-electron chi connectivity index (χ2n) is 5.88. The highest BCUT2D eigenvalue weighted by atomic mass is 32.2. The summed E-state index contributed by atoms with van der Waals surface area (Å²) < 4.78 is 4.61. The average molecular weight is 342 g/mol. The highest BCUT2D eigenvalue weighted by molar-refractivity contribution is 8.01. The lowest BCUT2D eigenvalue weighted by Crippen LogP contribution is -2.50. The first-order chi connectivity index (χ1) is 11.6. The number of hydrogen-bond acceptors (Lipinski definition) is 5. The van der Waals surface area contributed by atoms with Crippen LogP contribution in [0, 0.1) is 17.2 Å². The lowest BCUT2D eigenvalue weighted by Gasteiger charge is -2.45. The molecular formula is C18H18N2O3S. The summed E-state index contributed by atoms with van der Waals surface area (Å²) in [5.41, 5.74) is 0.789. The van der Waals surface area contributed by atoms with Gasteiger partial charge in [-0.3, -0.25) is 9.78 Å². The van der Waals surface area contributed by atoms with E-state index in [1.807, 2.05) is 31.2 Å². The van der Waals surface area contributed by atoms with Crippen LogP contribution in [0.5, 0.6) is 5.75 Å². The van der Waals surface area contributed by atoms with Crippen LogP contribution in [0.25, 0.3) is 10.9 Å². The maximum absolute atomic E-state index is 11.9. The van der Waals surface area contributed by atoms with Crippen LogP contribution < -0.4 is 4.74 Å². The van der Waals surface area contributed by atoms with Crippen LogP contribution in [0.4, 0.5) is 0 Å². The number of pyridine rings is 1. The van der Waals surface area contributed by atoms with E-state index in [-0.39, 0.29) is 12.5 Å². The third-order valence-corrected chi connectivity index (χ3v) is 6.30. The maximum Gasteiger partial charge on any atom is 0.320 e. The van der Waals surface area contributed by atoms with Gasteiger partial charge in [0.05, 0.1) is 5.52 Å². The summed E-state index contributed by atoms with van der Waals surface area (Å²) in [5.74, 6) is 0.0256. The van der Waals surface area contributed by atoms with Crippen LogP contribution in [0.3, 0.4) is 0 Å². The van der Waals surface area contributed by atoms with Crippen molar-refractivity contribution in [3.63, 3.8) is 0 Å². The van der Waals surface area contributed by atoms with Gasteiger partial charge in [-0.15, -0.1) is 11.8 Å². The zero-order valence-corrected chi connectivity index (χ0v) is 14.2. The van der Waals surface area contributed by atoms with E-state index in [0.717, 1.165) is 28.6 Å². The predicted molar refractivity (Wildman–Crippen MR) is 92.1 cm³/mol. The minimum absolute atomic E-state index is 0.0226. The quantitative estimate of drug-likeness (QED) is 0.858. The summed E-state index contributed by atoms with van der Waals surface area (Å²) in [6.45, 7) is 2.02. The smallest absolute Gasteiger partial charge is 0.320 e. The molecule has 1 saturated carbocycles. The Morgan fingerprint density at radius 3 is 3.00 bits per heavy atom. The van der Waals surface area contributed by atoms with Crippen molar-refractivity contribution in [3.05, 3.63) is 30.5 Å². The first-order valence-corrected chi connectivity index (χ1v) is 8.73. The van der Waals surface area contributed by atoms with Crippen molar-refractivity contribution in [2.75, 3.05) is 6.61 Å². The number of carboxylic acids is 1. The van der Waals surface area contributed by atoms with Crippen LogP contribution in [-0.2, 0) is 4.79 Å². The van der Waals surface area contributed by atoms with Gasteiger partial charge in [0, 0.05) is 16.5 Å². The third kappa shape index (κ3) is 2.80. The van der Waals surface area contributed by atoms with Crippen LogP contribution in [0.2, 0.25) is 0 Å². The van der Waals surface area contributed by atoms with Crippen molar-refractivity contribution in [2.24, 2.45) is 5.92 Å². The van der Waals surface area contributed by atoms with Gasteiger partial charge in [0.1, 0.15) is 16.6 Å². The van der Waals surface area contributed by atoms with Gasteiger partial charge in [0.15, 0.2) is 6.61 Å². The molecule has 1 fully saturated rings. The molecule has 1 aromatic heterocycles. The molecule has 0 bridgehead atoms. The van der Waals surface area contributed by atoms with Crippen molar-refractivity contribution in [2.45, 2.75) is 35.8 Å². The van der Waals surface area contributed by atoms with E-state index >= 15 is 0 Å². The van der Waals surface area contributed by atoms with Crippen molar-refractivity contribution in [3.8, 4) is 11.8 Å². The molecule has 1 aliphatic carbocycles. The fraction of sp³-hybridized carbons (Fsp3) is 0.389. The molecule has 0 radical (unpaired) electrons. The number of carbonyl (C=O) groups is 1. The molecule has 6 heteroatoms. The molecule has 0 spiro atoms. The number of fused-ring (bicyclic) bond motifs is 1. The highest BCUT2D eigenvalue weighted by Gasteiger charge is 2.53. The minimum atomic E-state index is -0.757. The summed E-state index contributed by atoms with van der Waals surface area (Å²) >= 11 is 1.42. The van der Waals surface area contributed by atoms with Gasteiger partial charge in [0.25, 0.3) is 0 Å². The van der Waals surface area contributed by atoms with Crippen LogP contribution in [-0.4, -0.2) is 27.4 Å². The van der Waals surface area contributed by atoms with Crippen molar-refractivity contribution in [1.82, 2.24) is 4.98 Å². The van der Waals surface area contributed by atoms with E-state index < -0.39 is 10.7 Å². The summed E-state index contributed by atoms with van der Waals surface area (Å²) in [7, 11) is 0. The molecule has 0 amide bonds. The Kier molecular flexibility index (Phi) is 4.63. The molecule has 2 aromatic rings. The number of benzene rings is 1. The number of carboxylic acid groups (broad SMARTS) is 1. The number of nitriles is 1. The van der Waals surface area contributed by atoms with E-state index in [2.05, 4.69) is 4.98 Å². The van der Waals surface area contributed by atoms with E-state index in [9.17, 15) is 9.90 Å². The molecule has 0 saturated heterocycles. The number of rotatable bonds is 6. The summed E-state index contributed by atoms with van der Waals surface area (Å²) in [4.78, 5) is 17.2. The monoisotopic (exact) mass is 342 g/mol. The summed E-state index contributed by atoms with van der Waals surface area (Å²) in [6.07, 6.45) is 4.20. The second-order valence-corrected chi connectivity index (χ2v) is 7.25. The van der Waals surface area contributed by atoms with Gasteiger partial charge in [-0.1, -0.05) is 13.3 Å². The molecule has 5 nitrogen and oxygen atoms in total. The number of nitrogens with zero attached hydrogens (tertiary/aromatic N) is 2. The first-order valence-electron chi connectivity index (χ1n) is 7.91. The third-order valence-electron chi connectivity index (χ3n) is 4.65. The average Bonchev–Trinajstić information content (AvgIpc) is 2.56. The number of aromatic nitrogens is 1. The molecule has 3 rings (SSSR count). The molecule has 1 heterocycles. The van der Waals surface area contributed by atoms with Gasteiger partial charge < -0.3 is 9.84 Å². The van der Waals surface area contributed by atoms with Gasteiger partial charge in [-0.2, -0.15) is 5.26 Å². The van der Waals surface area contributed by atoms with Gasteiger partial charge in [0.2, 0.25) is 0 Å². The van der Waals surface area contributed by atoms with E-state index in [1.54, 1.807) is 12.3 Å². The fourth-order valence-corrected chi connectivity index (χ4v) is 4.75. The molecule has 1 N–H and O–H groups in total. The van der Waals surface area contributed by atoms with Gasteiger partial charge in [-0.05, 0) is 43.0 Å². The normalized spacial score (nSPS) is 22.6. The Bertz CT molecular complexity index is 816. The SMILES string of the molecule is CCC1CCC1(Sc1ccnc2ccc(OCC#N)cc12)C(=O)O. The summed E-state index contributed by atoms with van der Waals surface area (Å²) in [5, 5.41) is 19.3. The highest BCUT2D eigenvalue weighted by Crippen LogP contribution is 2.54. The van der Waals surface area contributed by atoms with E-state index in [4.69, 9.17) is 10.00 Å². The minimum Gasteiger partial charge on any atom is -0.480 e. The molecule has 0 aliphatic heterocycles. The molecule has 2 unspecified atom stereocenters. The van der Waals surface area contributed by atoms with Gasteiger partial charge >= 0.3 is 5.97 Å². The summed E-state index contributed by atoms with van der Waals surface area (Å²) in [6, 6.07) is 9.23. The Labute approximate surface area is 144 Å². The van der Waals surface area contributed by atoms with Crippen LogP contribution >= 0.6 is 11.8 Å². The Morgan fingerprint density at radius 1 is 1.54 bits per heavy atom. The zero-order chi connectivity index (χ0) is 17.2. The predicted octanol–water partition coefficient (Wildman–Crippen LogP) is 3.87. The largest absolute Gasteiger partial charge is 0.480 e. The standard InChI is InChI=1S/C18H18N2O3S/c1-2-12-5-7-18(12,17(21)22)24-16-6-9-20-15-4-3-13(11-14(15)16)23-10-8-19/h3-4,6,9,11-12H,2,5,7,10H2,1H3,(H,21,22). The van der Waals surface area contributed by atoms with E-state index in [0.29, 0.717) is 12.2 Å². The number of hydrogen-bond donors (Lipinski definition) is 1. The molecule has 2 atom stereocenters. The fourth-order valence-electron chi connectivity index (χ4n) is 3.19.